The number of carbonyl (C=O) groups excluding carboxylic acids is 1. The van der Waals surface area contributed by atoms with Crippen molar-refractivity contribution in [1.82, 2.24) is 4.90 Å². The highest BCUT2D eigenvalue weighted by atomic mass is 16.5. The van der Waals surface area contributed by atoms with Crippen molar-refractivity contribution < 1.29 is 9.53 Å². The number of nitrogens with zero attached hydrogens (tertiary/aromatic N) is 1. The molecule has 0 aliphatic heterocycles. The Balaban J connectivity index is 3.72. The fourth-order valence-electron chi connectivity index (χ4n) is 0.565. The van der Waals surface area contributed by atoms with Gasteiger partial charge in [-0.3, -0.25) is 4.79 Å². The second kappa shape index (κ2) is 4.45. The summed E-state index contributed by atoms with van der Waals surface area (Å²) in [4.78, 5) is 12.9. The normalized spacial score (nSPS) is 11.4. The first-order valence-electron chi connectivity index (χ1n) is 4.24. The average molecular weight is 173 g/mol. The van der Waals surface area contributed by atoms with Crippen LogP contribution in [0.2, 0.25) is 0 Å². The second-order valence-electron chi connectivity index (χ2n) is 3.81. The summed E-state index contributed by atoms with van der Waals surface area (Å²) in [5.74, 6) is 0.0347. The number of carbonyl (C=O) groups is 1. The molecule has 0 aromatic rings. The standard InChI is InChI=1S/C9H19NO2/c1-6-10(5)8(11)7-12-9(2,3)4/h6-7H2,1-5H3. The molecule has 12 heavy (non-hydrogen) atoms. The van der Waals surface area contributed by atoms with E-state index in [0.717, 1.165) is 6.54 Å². The molecule has 0 unspecified atom stereocenters. The molecule has 0 atom stereocenters. The predicted molar refractivity (Wildman–Crippen MR) is 49.0 cm³/mol. The summed E-state index contributed by atoms with van der Waals surface area (Å²) in [5, 5.41) is 0. The molecular weight excluding hydrogens is 154 g/mol. The van der Waals surface area contributed by atoms with Crippen LogP contribution in [0.5, 0.6) is 0 Å². The van der Waals surface area contributed by atoms with Crippen LogP contribution in [0.15, 0.2) is 0 Å². The summed E-state index contributed by atoms with van der Waals surface area (Å²) in [7, 11) is 1.77. The van der Waals surface area contributed by atoms with E-state index >= 15 is 0 Å². The van der Waals surface area contributed by atoms with Crippen LogP contribution in [-0.4, -0.2) is 36.6 Å². The SMILES string of the molecule is CCN(C)C(=O)COC(C)(C)C. The molecule has 0 rings (SSSR count). The fraction of sp³-hybridized carbons (Fsp3) is 0.889. The maximum absolute atomic E-state index is 11.2. The van der Waals surface area contributed by atoms with Crippen LogP contribution in [0.1, 0.15) is 27.7 Å². The van der Waals surface area contributed by atoms with E-state index in [-0.39, 0.29) is 18.1 Å². The van der Waals surface area contributed by atoms with Crippen molar-refractivity contribution in [3.63, 3.8) is 0 Å². The monoisotopic (exact) mass is 173 g/mol. The van der Waals surface area contributed by atoms with Crippen molar-refractivity contribution in [2.45, 2.75) is 33.3 Å². The molecule has 0 aliphatic carbocycles. The number of amides is 1. The van der Waals surface area contributed by atoms with Crippen LogP contribution in [0.4, 0.5) is 0 Å². The second-order valence-corrected chi connectivity index (χ2v) is 3.81. The van der Waals surface area contributed by atoms with Gasteiger partial charge in [0.15, 0.2) is 0 Å². The van der Waals surface area contributed by atoms with E-state index in [1.54, 1.807) is 11.9 Å². The quantitative estimate of drug-likeness (QED) is 0.643. The minimum absolute atomic E-state index is 0.0347. The van der Waals surface area contributed by atoms with Crippen molar-refractivity contribution in [2.24, 2.45) is 0 Å². The highest BCUT2D eigenvalue weighted by molar-refractivity contribution is 5.77. The van der Waals surface area contributed by atoms with Crippen molar-refractivity contribution in [1.29, 1.82) is 0 Å². The van der Waals surface area contributed by atoms with Crippen LogP contribution in [0.25, 0.3) is 0 Å². The van der Waals surface area contributed by atoms with E-state index in [1.807, 2.05) is 27.7 Å². The lowest BCUT2D eigenvalue weighted by Gasteiger charge is -2.21. The summed E-state index contributed by atoms with van der Waals surface area (Å²) in [6, 6.07) is 0. The molecule has 1 amide bonds. The van der Waals surface area contributed by atoms with Gasteiger partial charge in [-0.05, 0) is 27.7 Å². The van der Waals surface area contributed by atoms with Crippen LogP contribution in [-0.2, 0) is 9.53 Å². The molecule has 0 saturated carbocycles. The number of ether oxygens (including phenoxy) is 1. The van der Waals surface area contributed by atoms with Gasteiger partial charge < -0.3 is 9.64 Å². The van der Waals surface area contributed by atoms with Crippen molar-refractivity contribution >= 4 is 5.91 Å². The molecule has 0 aromatic heterocycles. The molecule has 72 valence electrons. The molecule has 0 saturated heterocycles. The van der Waals surface area contributed by atoms with Crippen LogP contribution < -0.4 is 0 Å². The minimum atomic E-state index is -0.232. The maximum Gasteiger partial charge on any atom is 0.248 e. The van der Waals surface area contributed by atoms with Crippen LogP contribution in [0, 0.1) is 0 Å². The summed E-state index contributed by atoms with van der Waals surface area (Å²) in [6.07, 6.45) is 0. The topological polar surface area (TPSA) is 29.5 Å². The third kappa shape index (κ3) is 5.13. The molecule has 0 bridgehead atoms. The molecule has 0 aromatic carbocycles. The first-order chi connectivity index (χ1) is 5.37. The molecule has 0 aliphatic rings. The van der Waals surface area contributed by atoms with E-state index in [4.69, 9.17) is 4.74 Å². The first kappa shape index (κ1) is 11.4. The predicted octanol–water partition coefficient (Wildman–Crippen LogP) is 1.28. The van der Waals surface area contributed by atoms with Gasteiger partial charge in [-0.1, -0.05) is 0 Å². The first-order valence-corrected chi connectivity index (χ1v) is 4.24. The van der Waals surface area contributed by atoms with Gasteiger partial charge in [0.25, 0.3) is 0 Å². The van der Waals surface area contributed by atoms with Crippen molar-refractivity contribution in [2.75, 3.05) is 20.2 Å². The van der Waals surface area contributed by atoms with E-state index in [1.165, 1.54) is 0 Å². The lowest BCUT2D eigenvalue weighted by atomic mass is 10.2. The van der Waals surface area contributed by atoms with Gasteiger partial charge in [0.1, 0.15) is 6.61 Å². The zero-order valence-corrected chi connectivity index (χ0v) is 8.68. The van der Waals surface area contributed by atoms with Gasteiger partial charge in [-0.25, -0.2) is 0 Å². The largest absolute Gasteiger partial charge is 0.366 e. The molecule has 0 radical (unpaired) electrons. The Morgan fingerprint density at radius 3 is 2.25 bits per heavy atom. The third-order valence-corrected chi connectivity index (χ3v) is 1.53. The number of hydrogen-bond donors (Lipinski definition) is 0. The number of likely N-dealkylation sites (N-methyl/N-ethyl adjacent to an activating group) is 1. The Bertz CT molecular complexity index is 149. The molecule has 3 nitrogen and oxygen atoms in total. The molecule has 0 spiro atoms. The Kier molecular flexibility index (Phi) is 4.24. The van der Waals surface area contributed by atoms with Crippen LogP contribution in [0.3, 0.4) is 0 Å². The van der Waals surface area contributed by atoms with Gasteiger partial charge in [0.2, 0.25) is 5.91 Å². The molecule has 3 heteroatoms. The third-order valence-electron chi connectivity index (χ3n) is 1.53. The Hall–Kier alpha value is -0.570. The number of rotatable bonds is 3. The Morgan fingerprint density at radius 2 is 1.92 bits per heavy atom. The average Bonchev–Trinajstić information content (AvgIpc) is 1.97. The summed E-state index contributed by atoms with van der Waals surface area (Å²) >= 11 is 0. The summed E-state index contributed by atoms with van der Waals surface area (Å²) in [5.41, 5.74) is -0.232. The van der Waals surface area contributed by atoms with E-state index in [9.17, 15) is 4.79 Å². The number of hydrogen-bond acceptors (Lipinski definition) is 2. The summed E-state index contributed by atoms with van der Waals surface area (Å²) < 4.78 is 5.32. The van der Waals surface area contributed by atoms with Gasteiger partial charge in [0, 0.05) is 13.6 Å². The molecule has 0 fully saturated rings. The Labute approximate surface area is 74.7 Å². The van der Waals surface area contributed by atoms with Crippen molar-refractivity contribution in [3.8, 4) is 0 Å². The Morgan fingerprint density at radius 1 is 1.42 bits per heavy atom. The van der Waals surface area contributed by atoms with E-state index in [0.29, 0.717) is 0 Å². The lowest BCUT2D eigenvalue weighted by Crippen LogP contribution is -2.33. The van der Waals surface area contributed by atoms with E-state index in [2.05, 4.69) is 0 Å². The zero-order valence-electron chi connectivity index (χ0n) is 8.68. The molecular formula is C9H19NO2. The highest BCUT2D eigenvalue weighted by Crippen LogP contribution is 2.06. The van der Waals surface area contributed by atoms with Gasteiger partial charge in [-0.2, -0.15) is 0 Å². The fourth-order valence-corrected chi connectivity index (χ4v) is 0.565. The van der Waals surface area contributed by atoms with Gasteiger partial charge in [-0.15, -0.1) is 0 Å². The van der Waals surface area contributed by atoms with Gasteiger partial charge >= 0.3 is 0 Å². The van der Waals surface area contributed by atoms with Crippen molar-refractivity contribution in [3.05, 3.63) is 0 Å². The maximum atomic E-state index is 11.2. The van der Waals surface area contributed by atoms with Crippen LogP contribution >= 0.6 is 0 Å². The van der Waals surface area contributed by atoms with E-state index < -0.39 is 0 Å². The highest BCUT2D eigenvalue weighted by Gasteiger charge is 2.14. The zero-order chi connectivity index (χ0) is 9.78. The molecule has 0 heterocycles. The van der Waals surface area contributed by atoms with Gasteiger partial charge in [0.05, 0.1) is 5.60 Å². The molecule has 0 N–H and O–H groups in total. The summed E-state index contributed by atoms with van der Waals surface area (Å²) in [6.45, 7) is 8.65. The minimum Gasteiger partial charge on any atom is -0.366 e. The smallest absolute Gasteiger partial charge is 0.248 e. The lowest BCUT2D eigenvalue weighted by molar-refractivity contribution is -0.139.